The molecule has 1 rings (SSSR count). The lowest BCUT2D eigenvalue weighted by molar-refractivity contribution is -0.137. The van der Waals surface area contributed by atoms with Crippen molar-refractivity contribution in [1.82, 2.24) is 0 Å². The third-order valence-electron chi connectivity index (χ3n) is 3.60. The van der Waals surface area contributed by atoms with Crippen molar-refractivity contribution >= 4 is 23.3 Å². The summed E-state index contributed by atoms with van der Waals surface area (Å²) >= 11 is 5.86. The van der Waals surface area contributed by atoms with E-state index in [1.54, 1.807) is 18.2 Å². The highest BCUT2D eigenvalue weighted by molar-refractivity contribution is 6.30. The van der Waals surface area contributed by atoms with Gasteiger partial charge in [0.15, 0.2) is 0 Å². The zero-order chi connectivity index (χ0) is 15.8. The van der Waals surface area contributed by atoms with E-state index in [0.717, 1.165) is 12.1 Å². The van der Waals surface area contributed by atoms with Gasteiger partial charge >= 0.3 is 5.97 Å². The first-order valence-corrected chi connectivity index (χ1v) is 7.47. The second-order valence-corrected chi connectivity index (χ2v) is 5.89. The zero-order valence-corrected chi connectivity index (χ0v) is 13.2. The van der Waals surface area contributed by atoms with E-state index in [-0.39, 0.29) is 6.42 Å². The lowest BCUT2D eigenvalue weighted by Gasteiger charge is -2.20. The number of rotatable bonds is 8. The van der Waals surface area contributed by atoms with Gasteiger partial charge in [-0.1, -0.05) is 25.4 Å². The number of carboxylic acid groups (broad SMARTS) is 1. The van der Waals surface area contributed by atoms with Crippen LogP contribution in [-0.4, -0.2) is 17.6 Å². The molecule has 0 saturated carbocycles. The summed E-state index contributed by atoms with van der Waals surface area (Å²) in [5.74, 6) is 0.0383. The van der Waals surface area contributed by atoms with Crippen molar-refractivity contribution < 1.29 is 9.90 Å². The van der Waals surface area contributed by atoms with Gasteiger partial charge in [0.1, 0.15) is 6.07 Å². The molecule has 114 valence electrons. The average Bonchev–Trinajstić information content (AvgIpc) is 2.43. The SMILES string of the molecule is CC(C)C(CCNc1ccc(Cl)cc1C#N)CCC(=O)O. The van der Waals surface area contributed by atoms with Gasteiger partial charge in [0.05, 0.1) is 11.3 Å². The number of nitrogens with zero attached hydrogens (tertiary/aromatic N) is 1. The minimum Gasteiger partial charge on any atom is -0.481 e. The molecule has 0 aliphatic heterocycles. The van der Waals surface area contributed by atoms with E-state index >= 15 is 0 Å². The summed E-state index contributed by atoms with van der Waals surface area (Å²) in [4.78, 5) is 10.7. The van der Waals surface area contributed by atoms with E-state index in [1.165, 1.54) is 0 Å². The molecule has 0 saturated heterocycles. The first kappa shape index (κ1) is 17.3. The number of carboxylic acids is 1. The van der Waals surface area contributed by atoms with Crippen LogP contribution in [0.25, 0.3) is 0 Å². The van der Waals surface area contributed by atoms with Gasteiger partial charge in [-0.3, -0.25) is 4.79 Å². The number of nitriles is 1. The number of halogens is 1. The fourth-order valence-corrected chi connectivity index (χ4v) is 2.45. The van der Waals surface area contributed by atoms with E-state index in [4.69, 9.17) is 22.0 Å². The number of carbonyl (C=O) groups is 1. The van der Waals surface area contributed by atoms with Gasteiger partial charge in [-0.25, -0.2) is 0 Å². The number of aliphatic carboxylic acids is 1. The molecule has 0 spiro atoms. The summed E-state index contributed by atoms with van der Waals surface area (Å²) in [6.45, 7) is 4.92. The Hall–Kier alpha value is -1.73. The largest absolute Gasteiger partial charge is 0.481 e. The molecule has 4 nitrogen and oxygen atoms in total. The van der Waals surface area contributed by atoms with E-state index in [2.05, 4.69) is 25.2 Å². The van der Waals surface area contributed by atoms with Gasteiger partial charge in [0.2, 0.25) is 0 Å². The van der Waals surface area contributed by atoms with Crippen LogP contribution in [0.5, 0.6) is 0 Å². The molecule has 21 heavy (non-hydrogen) atoms. The Morgan fingerprint density at radius 1 is 1.43 bits per heavy atom. The number of hydrogen-bond donors (Lipinski definition) is 2. The minimum atomic E-state index is -0.752. The summed E-state index contributed by atoms with van der Waals surface area (Å²) in [6, 6.07) is 7.29. The molecule has 1 aromatic carbocycles. The molecule has 1 aromatic rings. The van der Waals surface area contributed by atoms with Crippen LogP contribution >= 0.6 is 11.6 Å². The van der Waals surface area contributed by atoms with Gasteiger partial charge in [-0.2, -0.15) is 5.26 Å². The topological polar surface area (TPSA) is 73.1 Å². The smallest absolute Gasteiger partial charge is 0.303 e. The van der Waals surface area contributed by atoms with Crippen LogP contribution in [0.1, 0.15) is 38.7 Å². The van der Waals surface area contributed by atoms with Crippen molar-refractivity contribution in [2.24, 2.45) is 11.8 Å². The zero-order valence-electron chi connectivity index (χ0n) is 12.4. The highest BCUT2D eigenvalue weighted by Gasteiger charge is 2.15. The molecule has 0 radical (unpaired) electrons. The normalized spacial score (nSPS) is 12.0. The predicted octanol–water partition coefficient (Wildman–Crippen LogP) is 4.15. The number of anilines is 1. The summed E-state index contributed by atoms with van der Waals surface area (Å²) in [6.07, 6.45) is 1.76. The summed E-state index contributed by atoms with van der Waals surface area (Å²) in [5, 5.41) is 21.6. The maximum absolute atomic E-state index is 10.7. The van der Waals surface area contributed by atoms with Crippen molar-refractivity contribution in [2.75, 3.05) is 11.9 Å². The van der Waals surface area contributed by atoms with Gasteiger partial charge in [-0.05, 0) is 42.9 Å². The molecular weight excluding hydrogens is 288 g/mol. The third-order valence-corrected chi connectivity index (χ3v) is 3.84. The molecule has 0 fully saturated rings. The average molecular weight is 309 g/mol. The Balaban J connectivity index is 2.54. The minimum absolute atomic E-state index is 0.202. The summed E-state index contributed by atoms with van der Waals surface area (Å²) in [5.41, 5.74) is 1.29. The van der Waals surface area contributed by atoms with Gasteiger partial charge in [-0.15, -0.1) is 0 Å². The Kier molecular flexibility index (Phi) is 7.04. The van der Waals surface area contributed by atoms with Crippen molar-refractivity contribution in [2.45, 2.75) is 33.1 Å². The van der Waals surface area contributed by atoms with Gasteiger partial charge in [0.25, 0.3) is 0 Å². The predicted molar refractivity (Wildman–Crippen MR) is 84.5 cm³/mol. The van der Waals surface area contributed by atoms with E-state index in [0.29, 0.717) is 35.4 Å². The van der Waals surface area contributed by atoms with Gasteiger partial charge in [0, 0.05) is 18.0 Å². The highest BCUT2D eigenvalue weighted by atomic mass is 35.5. The van der Waals surface area contributed by atoms with Crippen molar-refractivity contribution in [3.63, 3.8) is 0 Å². The van der Waals surface area contributed by atoms with Crippen molar-refractivity contribution in [3.8, 4) is 6.07 Å². The molecule has 1 atom stereocenters. The van der Waals surface area contributed by atoms with Crippen LogP contribution in [0.15, 0.2) is 18.2 Å². The second-order valence-electron chi connectivity index (χ2n) is 5.45. The molecule has 0 amide bonds. The van der Waals surface area contributed by atoms with E-state index < -0.39 is 5.97 Å². The Labute approximate surface area is 130 Å². The fraction of sp³-hybridized carbons (Fsp3) is 0.500. The quantitative estimate of drug-likeness (QED) is 0.756. The van der Waals surface area contributed by atoms with Crippen LogP contribution in [0.3, 0.4) is 0 Å². The van der Waals surface area contributed by atoms with Crippen LogP contribution in [0, 0.1) is 23.2 Å². The Morgan fingerprint density at radius 2 is 2.14 bits per heavy atom. The standard InChI is InChI=1S/C16H21ClN2O2/c1-11(2)12(3-6-16(20)21)7-8-19-15-5-4-14(17)9-13(15)10-18/h4-5,9,11-12,19H,3,6-8H2,1-2H3,(H,20,21). The molecular formula is C16H21ClN2O2. The first-order chi connectivity index (χ1) is 9.93. The maximum Gasteiger partial charge on any atom is 0.303 e. The molecule has 0 aliphatic carbocycles. The van der Waals surface area contributed by atoms with Crippen LogP contribution in [0.2, 0.25) is 5.02 Å². The third kappa shape index (κ3) is 6.05. The van der Waals surface area contributed by atoms with Crippen LogP contribution in [0.4, 0.5) is 5.69 Å². The molecule has 0 aliphatic rings. The van der Waals surface area contributed by atoms with E-state index in [9.17, 15) is 4.79 Å². The maximum atomic E-state index is 10.7. The number of nitrogens with one attached hydrogen (secondary N) is 1. The number of hydrogen-bond acceptors (Lipinski definition) is 3. The van der Waals surface area contributed by atoms with Crippen molar-refractivity contribution in [1.29, 1.82) is 5.26 Å². The Bertz CT molecular complexity index is 523. The lowest BCUT2D eigenvalue weighted by atomic mass is 9.88. The molecule has 0 heterocycles. The monoisotopic (exact) mass is 308 g/mol. The summed E-state index contributed by atoms with van der Waals surface area (Å²) < 4.78 is 0. The molecule has 0 bridgehead atoms. The molecule has 1 unspecified atom stereocenters. The Morgan fingerprint density at radius 3 is 2.71 bits per heavy atom. The second kappa shape index (κ2) is 8.53. The molecule has 2 N–H and O–H groups in total. The van der Waals surface area contributed by atoms with Gasteiger partial charge < -0.3 is 10.4 Å². The lowest BCUT2D eigenvalue weighted by Crippen LogP contribution is -2.16. The highest BCUT2D eigenvalue weighted by Crippen LogP contribution is 2.23. The molecule has 0 aromatic heterocycles. The van der Waals surface area contributed by atoms with Crippen molar-refractivity contribution in [3.05, 3.63) is 28.8 Å². The molecule has 5 heteroatoms. The van der Waals surface area contributed by atoms with Crippen LogP contribution < -0.4 is 5.32 Å². The van der Waals surface area contributed by atoms with E-state index in [1.807, 2.05) is 0 Å². The van der Waals surface area contributed by atoms with Crippen LogP contribution in [-0.2, 0) is 4.79 Å². The fourth-order valence-electron chi connectivity index (χ4n) is 2.28. The number of benzene rings is 1. The summed E-state index contributed by atoms with van der Waals surface area (Å²) in [7, 11) is 0. The first-order valence-electron chi connectivity index (χ1n) is 7.09.